The van der Waals surface area contributed by atoms with Gasteiger partial charge in [-0.3, -0.25) is 0 Å². The molecule has 0 aliphatic carbocycles. The molecule has 0 spiro atoms. The first kappa shape index (κ1) is 11.1. The Labute approximate surface area is 110 Å². The number of nitrogens with zero attached hydrogens (tertiary/aromatic N) is 1. The summed E-state index contributed by atoms with van der Waals surface area (Å²) in [7, 11) is 0. The van der Waals surface area contributed by atoms with Gasteiger partial charge in [0.2, 0.25) is 0 Å². The number of rotatable bonds is 1. The highest BCUT2D eigenvalue weighted by atomic mass is 35.5. The number of halogens is 1. The molecule has 2 nitrogen and oxygen atoms in total. The zero-order chi connectivity index (χ0) is 12.5. The van der Waals surface area contributed by atoms with E-state index in [1.165, 1.54) is 0 Å². The Morgan fingerprint density at radius 2 is 1.67 bits per heavy atom. The third kappa shape index (κ3) is 1.81. The van der Waals surface area contributed by atoms with Crippen LogP contribution in [0.4, 0.5) is 5.82 Å². The van der Waals surface area contributed by atoms with Gasteiger partial charge >= 0.3 is 0 Å². The Balaban J connectivity index is 2.30. The van der Waals surface area contributed by atoms with Gasteiger partial charge in [0, 0.05) is 22.2 Å². The average molecular weight is 255 g/mol. The van der Waals surface area contributed by atoms with Crippen LogP contribution in [0.25, 0.3) is 21.9 Å². The van der Waals surface area contributed by atoms with Crippen LogP contribution < -0.4 is 5.73 Å². The molecule has 88 valence electrons. The first-order chi connectivity index (χ1) is 8.75. The van der Waals surface area contributed by atoms with E-state index in [2.05, 4.69) is 11.1 Å². The van der Waals surface area contributed by atoms with Crippen molar-refractivity contribution in [3.8, 4) is 11.1 Å². The van der Waals surface area contributed by atoms with Crippen LogP contribution in [0, 0.1) is 0 Å². The van der Waals surface area contributed by atoms with Crippen molar-refractivity contribution in [1.29, 1.82) is 0 Å². The summed E-state index contributed by atoms with van der Waals surface area (Å²) in [5, 5.41) is 2.93. The smallest absolute Gasteiger partial charge is 0.123 e. The second kappa shape index (κ2) is 4.31. The third-order valence-corrected chi connectivity index (χ3v) is 3.30. The van der Waals surface area contributed by atoms with Gasteiger partial charge in [-0.25, -0.2) is 4.98 Å². The molecule has 0 saturated heterocycles. The lowest BCUT2D eigenvalue weighted by molar-refractivity contribution is 1.34. The molecule has 3 rings (SSSR count). The molecular weight excluding hydrogens is 244 g/mol. The van der Waals surface area contributed by atoms with Crippen LogP contribution in [0.2, 0.25) is 5.02 Å². The summed E-state index contributed by atoms with van der Waals surface area (Å²) in [5.41, 5.74) is 7.76. The molecular formula is C15H11ClN2. The Morgan fingerprint density at radius 1 is 0.889 bits per heavy atom. The molecule has 0 unspecified atom stereocenters. The number of fused-ring (bicyclic) bond motifs is 1. The van der Waals surface area contributed by atoms with Crippen LogP contribution in [-0.2, 0) is 0 Å². The molecule has 2 N–H and O–H groups in total. The molecule has 0 atom stereocenters. The van der Waals surface area contributed by atoms with E-state index in [1.807, 2.05) is 36.4 Å². The number of nitrogens with two attached hydrogens (primary N) is 1. The van der Waals surface area contributed by atoms with E-state index < -0.39 is 0 Å². The van der Waals surface area contributed by atoms with Crippen LogP contribution in [0.1, 0.15) is 0 Å². The van der Waals surface area contributed by atoms with Gasteiger partial charge in [0.15, 0.2) is 0 Å². The maximum Gasteiger partial charge on any atom is 0.123 e. The van der Waals surface area contributed by atoms with Crippen molar-refractivity contribution in [1.82, 2.24) is 4.98 Å². The molecule has 18 heavy (non-hydrogen) atoms. The summed E-state index contributed by atoms with van der Waals surface area (Å²) in [5.74, 6) is 0.525. The van der Waals surface area contributed by atoms with Crippen molar-refractivity contribution >= 4 is 28.2 Å². The highest BCUT2D eigenvalue weighted by Gasteiger charge is 2.06. The van der Waals surface area contributed by atoms with Crippen molar-refractivity contribution in [3.63, 3.8) is 0 Å². The van der Waals surface area contributed by atoms with Crippen LogP contribution in [-0.4, -0.2) is 4.98 Å². The minimum atomic E-state index is 0.525. The van der Waals surface area contributed by atoms with Gasteiger partial charge in [-0.2, -0.15) is 0 Å². The number of benzene rings is 2. The van der Waals surface area contributed by atoms with E-state index in [0.717, 1.165) is 26.9 Å². The predicted molar refractivity (Wildman–Crippen MR) is 76.6 cm³/mol. The maximum atomic E-state index is 6.21. The van der Waals surface area contributed by atoms with Crippen molar-refractivity contribution in [2.24, 2.45) is 0 Å². The highest BCUT2D eigenvalue weighted by molar-refractivity contribution is 6.36. The number of anilines is 1. The molecule has 1 heterocycles. The molecule has 0 saturated carbocycles. The Kier molecular flexibility index (Phi) is 2.65. The zero-order valence-corrected chi connectivity index (χ0v) is 10.4. The quantitative estimate of drug-likeness (QED) is 0.709. The molecule has 1 aromatic heterocycles. The van der Waals surface area contributed by atoms with Crippen molar-refractivity contribution in [3.05, 3.63) is 59.8 Å². The molecule has 2 aromatic carbocycles. The summed E-state index contributed by atoms with van der Waals surface area (Å²) in [6.07, 6.45) is 1.78. The van der Waals surface area contributed by atoms with Crippen LogP contribution in [0.15, 0.2) is 54.7 Å². The average Bonchev–Trinajstić information content (AvgIpc) is 2.41. The Morgan fingerprint density at radius 3 is 2.39 bits per heavy atom. The molecule has 0 amide bonds. The highest BCUT2D eigenvalue weighted by Crippen LogP contribution is 2.32. The van der Waals surface area contributed by atoms with Crippen molar-refractivity contribution in [2.45, 2.75) is 0 Å². The molecule has 0 bridgehead atoms. The minimum absolute atomic E-state index is 0.525. The van der Waals surface area contributed by atoms with Gasteiger partial charge in [0.1, 0.15) is 5.82 Å². The van der Waals surface area contributed by atoms with E-state index >= 15 is 0 Å². The van der Waals surface area contributed by atoms with E-state index in [4.69, 9.17) is 17.3 Å². The Hall–Kier alpha value is -2.06. The SMILES string of the molecule is Nc1ccc(-c2ccc(Cl)c3ccccc23)cn1. The van der Waals surface area contributed by atoms with Gasteiger partial charge in [-0.1, -0.05) is 41.9 Å². The lowest BCUT2D eigenvalue weighted by atomic mass is 9.99. The topological polar surface area (TPSA) is 38.9 Å². The summed E-state index contributed by atoms with van der Waals surface area (Å²) in [6.45, 7) is 0. The molecule has 0 radical (unpaired) electrons. The van der Waals surface area contributed by atoms with Gasteiger partial charge in [-0.15, -0.1) is 0 Å². The Bertz CT molecular complexity index is 705. The van der Waals surface area contributed by atoms with Gasteiger partial charge in [-0.05, 0) is 29.1 Å². The minimum Gasteiger partial charge on any atom is -0.384 e. The van der Waals surface area contributed by atoms with Crippen molar-refractivity contribution < 1.29 is 0 Å². The molecule has 0 aliphatic rings. The van der Waals surface area contributed by atoms with Crippen molar-refractivity contribution in [2.75, 3.05) is 5.73 Å². The largest absolute Gasteiger partial charge is 0.384 e. The first-order valence-corrected chi connectivity index (χ1v) is 6.02. The zero-order valence-electron chi connectivity index (χ0n) is 9.60. The van der Waals surface area contributed by atoms with Gasteiger partial charge < -0.3 is 5.73 Å². The third-order valence-electron chi connectivity index (χ3n) is 2.97. The van der Waals surface area contributed by atoms with Crippen LogP contribution >= 0.6 is 11.6 Å². The maximum absolute atomic E-state index is 6.21. The lowest BCUT2D eigenvalue weighted by Gasteiger charge is -2.08. The fourth-order valence-electron chi connectivity index (χ4n) is 2.08. The fourth-order valence-corrected chi connectivity index (χ4v) is 2.31. The van der Waals surface area contributed by atoms with E-state index in [9.17, 15) is 0 Å². The second-order valence-electron chi connectivity index (χ2n) is 4.11. The number of hydrogen-bond acceptors (Lipinski definition) is 2. The fraction of sp³-hybridized carbons (Fsp3) is 0. The number of nitrogen functional groups attached to an aromatic ring is 1. The van der Waals surface area contributed by atoms with Crippen LogP contribution in [0.5, 0.6) is 0 Å². The van der Waals surface area contributed by atoms with E-state index in [0.29, 0.717) is 5.82 Å². The summed E-state index contributed by atoms with van der Waals surface area (Å²) < 4.78 is 0. The second-order valence-corrected chi connectivity index (χ2v) is 4.52. The molecule has 3 heteroatoms. The van der Waals surface area contributed by atoms with Gasteiger partial charge in [0.05, 0.1) is 0 Å². The summed E-state index contributed by atoms with van der Waals surface area (Å²) in [4.78, 5) is 4.13. The molecule has 0 aliphatic heterocycles. The monoisotopic (exact) mass is 254 g/mol. The van der Waals surface area contributed by atoms with Crippen LogP contribution in [0.3, 0.4) is 0 Å². The summed E-state index contributed by atoms with van der Waals surface area (Å²) >= 11 is 6.21. The van der Waals surface area contributed by atoms with E-state index in [-0.39, 0.29) is 0 Å². The predicted octanol–water partition coefficient (Wildman–Crippen LogP) is 4.14. The number of aromatic nitrogens is 1. The molecule has 0 fully saturated rings. The normalized spacial score (nSPS) is 10.7. The number of hydrogen-bond donors (Lipinski definition) is 1. The van der Waals surface area contributed by atoms with Gasteiger partial charge in [0.25, 0.3) is 0 Å². The standard InChI is InChI=1S/C15H11ClN2/c16-14-7-6-11(10-5-8-15(17)18-9-10)12-3-1-2-4-13(12)14/h1-9H,(H2,17,18). The van der Waals surface area contributed by atoms with E-state index in [1.54, 1.807) is 12.3 Å². The summed E-state index contributed by atoms with van der Waals surface area (Å²) in [6, 6.07) is 15.8. The lowest BCUT2D eigenvalue weighted by Crippen LogP contribution is -1.89. The first-order valence-electron chi connectivity index (χ1n) is 5.65. The molecule has 3 aromatic rings. The number of pyridine rings is 1.